The summed E-state index contributed by atoms with van der Waals surface area (Å²) in [6.45, 7) is 0. The Labute approximate surface area is 143 Å². The quantitative estimate of drug-likeness (QED) is 0.702. The number of rotatable bonds is 3. The van der Waals surface area contributed by atoms with Gasteiger partial charge in [0, 0.05) is 40.3 Å². The molecule has 118 valence electrons. The van der Waals surface area contributed by atoms with E-state index in [1.54, 1.807) is 30.6 Å². The van der Waals surface area contributed by atoms with Gasteiger partial charge in [-0.3, -0.25) is 0 Å². The van der Waals surface area contributed by atoms with E-state index in [0.29, 0.717) is 22.5 Å². The number of aliphatic imine (C=N–C) groups is 1. The van der Waals surface area contributed by atoms with Crippen LogP contribution in [-0.2, 0) is 0 Å². The monoisotopic (exact) mass is 337 g/mol. The number of hydrogen-bond donors (Lipinski definition) is 2. The number of aromatic nitrogens is 1. The Morgan fingerprint density at radius 1 is 1.17 bits per heavy atom. The first-order valence-corrected chi connectivity index (χ1v) is 7.63. The number of fused-ring (bicyclic) bond motifs is 1. The lowest BCUT2D eigenvalue weighted by molar-refractivity contribution is 0.456. The van der Waals surface area contributed by atoms with Gasteiger partial charge < -0.3 is 14.8 Å². The summed E-state index contributed by atoms with van der Waals surface area (Å²) in [7, 11) is 0. The second-order valence-electron chi connectivity index (χ2n) is 5.23. The molecule has 1 aliphatic heterocycles. The largest absolute Gasteiger partial charge is 0.504 e. The van der Waals surface area contributed by atoms with Gasteiger partial charge in [-0.05, 0) is 36.4 Å². The maximum absolute atomic E-state index is 10.1. The minimum atomic E-state index is 0.0396. The topological polar surface area (TPSA) is 70.7 Å². The lowest BCUT2D eigenvalue weighted by Crippen LogP contribution is -1.87. The van der Waals surface area contributed by atoms with Crippen molar-refractivity contribution in [1.82, 2.24) is 4.98 Å². The minimum Gasteiger partial charge on any atom is -0.504 e. The number of pyridine rings is 1. The van der Waals surface area contributed by atoms with Gasteiger partial charge in [-0.1, -0.05) is 17.7 Å². The van der Waals surface area contributed by atoms with Gasteiger partial charge in [-0.2, -0.15) is 0 Å². The molecular weight excluding hydrogens is 326 g/mol. The third-order valence-electron chi connectivity index (χ3n) is 3.54. The third-order valence-corrected chi connectivity index (χ3v) is 3.78. The molecule has 3 aromatic rings. The van der Waals surface area contributed by atoms with Crippen LogP contribution in [0.4, 0.5) is 17.4 Å². The molecule has 2 N–H and O–H groups in total. The number of aromatic hydroxyl groups is 1. The molecule has 0 fully saturated rings. The molecule has 5 nitrogen and oxygen atoms in total. The molecule has 0 atom stereocenters. The Morgan fingerprint density at radius 3 is 2.96 bits per heavy atom. The lowest BCUT2D eigenvalue weighted by Gasteiger charge is -2.02. The number of halogens is 1. The number of hydrogen-bond acceptors (Lipinski definition) is 5. The van der Waals surface area contributed by atoms with Crippen molar-refractivity contribution in [2.45, 2.75) is 0 Å². The van der Waals surface area contributed by atoms with Gasteiger partial charge in [-0.15, -0.1) is 0 Å². The predicted octanol–water partition coefficient (Wildman–Crippen LogP) is 5.03. The van der Waals surface area contributed by atoms with E-state index in [0.717, 1.165) is 16.8 Å². The zero-order valence-electron chi connectivity index (χ0n) is 12.4. The first-order valence-electron chi connectivity index (χ1n) is 7.25. The number of nitrogens with zero attached hydrogens (tertiary/aromatic N) is 2. The van der Waals surface area contributed by atoms with Crippen molar-refractivity contribution in [3.63, 3.8) is 0 Å². The highest BCUT2D eigenvalue weighted by molar-refractivity contribution is 6.30. The number of allylic oxidation sites excluding steroid dienone is 1. The summed E-state index contributed by atoms with van der Waals surface area (Å²) in [5.74, 6) is 1.46. The van der Waals surface area contributed by atoms with E-state index in [4.69, 9.17) is 16.0 Å². The van der Waals surface area contributed by atoms with E-state index >= 15 is 0 Å². The Kier molecular flexibility index (Phi) is 3.55. The molecule has 0 spiro atoms. The summed E-state index contributed by atoms with van der Waals surface area (Å²) in [5, 5.41) is 13.8. The number of benzene rings is 1. The minimum absolute atomic E-state index is 0.0396. The fraction of sp³-hybridized carbons (Fsp3) is 0. The molecule has 4 rings (SSSR count). The standard InChI is InChI=1S/C18H12ClN3O2/c19-12-3-1-4-13(8-12)22-17-9-15(23)16(24-17)7-11-10-21-18-14(11)5-2-6-20-18/h1-10,22-23H. The Hall–Kier alpha value is -3.05. The molecule has 1 aromatic carbocycles. The smallest absolute Gasteiger partial charge is 0.201 e. The molecule has 1 aliphatic rings. The molecular formula is C18H12ClN3O2. The van der Waals surface area contributed by atoms with E-state index < -0.39 is 0 Å². The second kappa shape index (κ2) is 5.86. The van der Waals surface area contributed by atoms with Crippen molar-refractivity contribution in [2.24, 2.45) is 4.99 Å². The molecule has 0 bridgehead atoms. The summed E-state index contributed by atoms with van der Waals surface area (Å²) in [6, 6.07) is 12.5. The average molecular weight is 338 g/mol. The molecule has 2 aromatic heterocycles. The first-order chi connectivity index (χ1) is 11.7. The number of nitrogens with one attached hydrogen (secondary N) is 1. The van der Waals surface area contributed by atoms with Gasteiger partial charge in [0.25, 0.3) is 0 Å². The van der Waals surface area contributed by atoms with Crippen molar-refractivity contribution in [2.75, 3.05) is 5.32 Å². The molecule has 3 heterocycles. The highest BCUT2D eigenvalue weighted by atomic mass is 35.5. The van der Waals surface area contributed by atoms with Crippen LogP contribution in [0.3, 0.4) is 0 Å². The Balaban J connectivity index is 1.63. The van der Waals surface area contributed by atoms with Crippen LogP contribution in [0, 0.1) is 0 Å². The molecule has 24 heavy (non-hydrogen) atoms. The van der Waals surface area contributed by atoms with E-state index in [-0.39, 0.29) is 5.75 Å². The van der Waals surface area contributed by atoms with Crippen LogP contribution in [0.15, 0.2) is 58.1 Å². The van der Waals surface area contributed by atoms with Gasteiger partial charge in [0.15, 0.2) is 17.3 Å². The Morgan fingerprint density at radius 2 is 2.08 bits per heavy atom. The van der Waals surface area contributed by atoms with Gasteiger partial charge in [0.2, 0.25) is 5.88 Å². The fourth-order valence-corrected chi connectivity index (χ4v) is 2.64. The van der Waals surface area contributed by atoms with Crippen molar-refractivity contribution in [3.8, 4) is 5.75 Å². The fourth-order valence-electron chi connectivity index (χ4n) is 2.45. The van der Waals surface area contributed by atoms with Gasteiger partial charge in [-0.25, -0.2) is 9.98 Å². The van der Waals surface area contributed by atoms with Crippen molar-refractivity contribution in [1.29, 1.82) is 0 Å². The summed E-state index contributed by atoms with van der Waals surface area (Å²) in [6.07, 6.45) is 5.12. The van der Waals surface area contributed by atoms with Crippen LogP contribution in [0.5, 0.6) is 5.75 Å². The molecule has 0 aliphatic carbocycles. The predicted molar refractivity (Wildman–Crippen MR) is 95.4 cm³/mol. The number of furan rings is 1. The Bertz CT molecular complexity index is 976. The second-order valence-corrected chi connectivity index (χ2v) is 5.66. The SMILES string of the molecule is Oc1cc(Nc2cccc(Cl)c2)oc1C=C1C=Nc2ncccc21. The normalized spacial score (nSPS) is 14.1. The van der Waals surface area contributed by atoms with Crippen molar-refractivity contribution in [3.05, 3.63) is 65.0 Å². The van der Waals surface area contributed by atoms with Crippen LogP contribution >= 0.6 is 11.6 Å². The highest BCUT2D eigenvalue weighted by Crippen LogP contribution is 2.35. The van der Waals surface area contributed by atoms with Crippen molar-refractivity contribution >= 4 is 46.9 Å². The van der Waals surface area contributed by atoms with Crippen LogP contribution in [-0.4, -0.2) is 16.3 Å². The zero-order chi connectivity index (χ0) is 16.5. The molecule has 0 saturated heterocycles. The van der Waals surface area contributed by atoms with E-state index in [1.165, 1.54) is 6.07 Å². The highest BCUT2D eigenvalue weighted by Gasteiger charge is 2.15. The van der Waals surface area contributed by atoms with Crippen LogP contribution in [0.25, 0.3) is 11.6 Å². The molecule has 0 saturated carbocycles. The van der Waals surface area contributed by atoms with Gasteiger partial charge >= 0.3 is 0 Å². The maximum atomic E-state index is 10.1. The maximum Gasteiger partial charge on any atom is 0.201 e. The molecule has 0 radical (unpaired) electrons. The molecule has 0 unspecified atom stereocenters. The van der Waals surface area contributed by atoms with Crippen LogP contribution < -0.4 is 5.32 Å². The summed E-state index contributed by atoms with van der Waals surface area (Å²) < 4.78 is 5.67. The first kappa shape index (κ1) is 14.5. The zero-order valence-corrected chi connectivity index (χ0v) is 13.2. The average Bonchev–Trinajstić information content (AvgIpc) is 3.12. The summed E-state index contributed by atoms with van der Waals surface area (Å²) >= 11 is 5.96. The van der Waals surface area contributed by atoms with Crippen LogP contribution in [0.1, 0.15) is 11.3 Å². The number of anilines is 2. The van der Waals surface area contributed by atoms with E-state index in [1.807, 2.05) is 24.3 Å². The molecule has 0 amide bonds. The van der Waals surface area contributed by atoms with E-state index in [9.17, 15) is 5.11 Å². The summed E-state index contributed by atoms with van der Waals surface area (Å²) in [4.78, 5) is 8.42. The van der Waals surface area contributed by atoms with Gasteiger partial charge in [0.1, 0.15) is 0 Å². The van der Waals surface area contributed by atoms with Gasteiger partial charge in [0.05, 0.1) is 0 Å². The van der Waals surface area contributed by atoms with Crippen LogP contribution in [0.2, 0.25) is 5.02 Å². The summed E-state index contributed by atoms with van der Waals surface area (Å²) in [5.41, 5.74) is 2.50. The lowest BCUT2D eigenvalue weighted by atomic mass is 10.1. The van der Waals surface area contributed by atoms with E-state index in [2.05, 4.69) is 15.3 Å². The molecule has 6 heteroatoms. The van der Waals surface area contributed by atoms with Crippen molar-refractivity contribution < 1.29 is 9.52 Å². The third kappa shape index (κ3) is 2.77.